The fourth-order valence-corrected chi connectivity index (χ4v) is 1.60. The molecule has 0 saturated carbocycles. The Morgan fingerprint density at radius 1 is 1.44 bits per heavy atom. The molecule has 0 radical (unpaired) electrons. The van der Waals surface area contributed by atoms with E-state index in [1.54, 1.807) is 12.1 Å². The van der Waals surface area contributed by atoms with Gasteiger partial charge in [-0.3, -0.25) is 4.79 Å². The Hall–Kier alpha value is -1.26. The lowest BCUT2D eigenvalue weighted by Gasteiger charge is -2.17. The number of anilines is 1. The molecule has 0 heterocycles. The number of methoxy groups -OCH3 is 1. The molecule has 0 aliphatic heterocycles. The molecule has 3 N–H and O–H groups in total. The first-order valence-corrected chi connectivity index (χ1v) is 6.15. The zero-order valence-electron chi connectivity index (χ0n) is 11.1. The largest absolute Gasteiger partial charge is 0.495 e. The minimum atomic E-state index is -0.550. The van der Waals surface area contributed by atoms with Gasteiger partial charge in [0, 0.05) is 11.1 Å². The summed E-state index contributed by atoms with van der Waals surface area (Å²) >= 11 is 6.00. The minimum absolute atomic E-state index is 0.0735. The van der Waals surface area contributed by atoms with Crippen LogP contribution >= 0.6 is 11.6 Å². The third kappa shape index (κ3) is 3.37. The minimum Gasteiger partial charge on any atom is -0.495 e. The Balaban J connectivity index is 2.97. The SMILES string of the molecule is COc1cc(Cl)c(C)cc1NC(=O)[C@@H](N)C(C)C. The Kier molecular flexibility index (Phi) is 4.99. The van der Waals surface area contributed by atoms with Gasteiger partial charge in [-0.1, -0.05) is 25.4 Å². The van der Waals surface area contributed by atoms with E-state index in [1.807, 2.05) is 20.8 Å². The maximum absolute atomic E-state index is 11.9. The third-order valence-electron chi connectivity index (χ3n) is 2.76. The number of rotatable bonds is 4. The molecular weight excluding hydrogens is 252 g/mol. The molecule has 0 saturated heterocycles. The predicted octanol–water partition coefficient (Wildman–Crippen LogP) is 2.58. The van der Waals surface area contributed by atoms with E-state index in [1.165, 1.54) is 7.11 Å². The zero-order valence-corrected chi connectivity index (χ0v) is 11.8. The van der Waals surface area contributed by atoms with Gasteiger partial charge in [0.05, 0.1) is 18.8 Å². The van der Waals surface area contributed by atoms with Crippen LogP contribution in [0.25, 0.3) is 0 Å². The van der Waals surface area contributed by atoms with Crippen molar-refractivity contribution in [3.63, 3.8) is 0 Å². The van der Waals surface area contributed by atoms with Crippen molar-refractivity contribution in [2.24, 2.45) is 11.7 Å². The number of hydrogen-bond acceptors (Lipinski definition) is 3. The van der Waals surface area contributed by atoms with Gasteiger partial charge in [-0.05, 0) is 24.5 Å². The van der Waals surface area contributed by atoms with Crippen LogP contribution in [0.3, 0.4) is 0 Å². The van der Waals surface area contributed by atoms with Crippen LogP contribution in [0, 0.1) is 12.8 Å². The normalized spacial score (nSPS) is 12.4. The van der Waals surface area contributed by atoms with E-state index in [2.05, 4.69) is 5.32 Å². The molecule has 0 unspecified atom stereocenters. The number of nitrogens with two attached hydrogens (primary N) is 1. The first-order valence-electron chi connectivity index (χ1n) is 5.77. The Morgan fingerprint density at radius 3 is 2.56 bits per heavy atom. The highest BCUT2D eigenvalue weighted by atomic mass is 35.5. The Bertz CT molecular complexity index is 447. The quantitative estimate of drug-likeness (QED) is 0.884. The number of benzene rings is 1. The summed E-state index contributed by atoms with van der Waals surface area (Å²) in [6.45, 7) is 5.66. The molecule has 1 aromatic carbocycles. The second kappa shape index (κ2) is 6.07. The molecule has 0 aliphatic carbocycles. The van der Waals surface area contributed by atoms with E-state index in [0.29, 0.717) is 16.5 Å². The summed E-state index contributed by atoms with van der Waals surface area (Å²) in [7, 11) is 1.53. The molecule has 100 valence electrons. The van der Waals surface area contributed by atoms with Crippen molar-refractivity contribution in [2.45, 2.75) is 26.8 Å². The van der Waals surface area contributed by atoms with Crippen LogP contribution in [-0.4, -0.2) is 19.1 Å². The Labute approximate surface area is 112 Å². The van der Waals surface area contributed by atoms with Gasteiger partial charge in [0.15, 0.2) is 0 Å². The van der Waals surface area contributed by atoms with Crippen molar-refractivity contribution in [3.8, 4) is 5.75 Å². The maximum Gasteiger partial charge on any atom is 0.241 e. The van der Waals surface area contributed by atoms with E-state index in [4.69, 9.17) is 22.1 Å². The molecule has 0 aliphatic rings. The number of amides is 1. The zero-order chi connectivity index (χ0) is 13.9. The van der Waals surface area contributed by atoms with E-state index >= 15 is 0 Å². The summed E-state index contributed by atoms with van der Waals surface area (Å²) in [5.41, 5.74) is 7.24. The van der Waals surface area contributed by atoms with Crippen LogP contribution in [0.2, 0.25) is 5.02 Å². The molecule has 0 fully saturated rings. The Morgan fingerprint density at radius 2 is 2.06 bits per heavy atom. The lowest BCUT2D eigenvalue weighted by Crippen LogP contribution is -2.39. The summed E-state index contributed by atoms with van der Waals surface area (Å²) in [4.78, 5) is 11.9. The van der Waals surface area contributed by atoms with Crippen molar-refractivity contribution in [2.75, 3.05) is 12.4 Å². The van der Waals surface area contributed by atoms with Gasteiger partial charge in [0.25, 0.3) is 0 Å². The molecular formula is C13H19ClN2O2. The number of ether oxygens (including phenoxy) is 1. The first kappa shape index (κ1) is 14.8. The number of carbonyl (C=O) groups is 1. The van der Waals surface area contributed by atoms with E-state index in [0.717, 1.165) is 5.56 Å². The van der Waals surface area contributed by atoms with E-state index in [-0.39, 0.29) is 11.8 Å². The highest BCUT2D eigenvalue weighted by Crippen LogP contribution is 2.31. The fraction of sp³-hybridized carbons (Fsp3) is 0.462. The van der Waals surface area contributed by atoms with Crippen LogP contribution < -0.4 is 15.8 Å². The molecule has 1 amide bonds. The molecule has 0 spiro atoms. The lowest BCUT2D eigenvalue weighted by atomic mass is 10.0. The van der Waals surface area contributed by atoms with Crippen LogP contribution in [0.4, 0.5) is 5.69 Å². The predicted molar refractivity (Wildman–Crippen MR) is 74.2 cm³/mol. The summed E-state index contributed by atoms with van der Waals surface area (Å²) in [5, 5.41) is 3.36. The standard InChI is InChI=1S/C13H19ClN2O2/c1-7(2)12(15)13(17)16-10-5-8(3)9(14)6-11(10)18-4/h5-7,12H,15H2,1-4H3,(H,16,17)/t12-/m0/s1. The second-order valence-electron chi connectivity index (χ2n) is 4.56. The summed E-state index contributed by atoms with van der Waals surface area (Å²) < 4.78 is 5.18. The van der Waals surface area contributed by atoms with Crippen molar-refractivity contribution in [3.05, 3.63) is 22.7 Å². The third-order valence-corrected chi connectivity index (χ3v) is 3.17. The van der Waals surface area contributed by atoms with Crippen LogP contribution in [-0.2, 0) is 4.79 Å². The van der Waals surface area contributed by atoms with E-state index < -0.39 is 6.04 Å². The summed E-state index contributed by atoms with van der Waals surface area (Å²) in [5.74, 6) is 0.365. The van der Waals surface area contributed by atoms with Gasteiger partial charge in [-0.15, -0.1) is 0 Å². The lowest BCUT2D eigenvalue weighted by molar-refractivity contribution is -0.118. The topological polar surface area (TPSA) is 64.3 Å². The molecule has 18 heavy (non-hydrogen) atoms. The average Bonchev–Trinajstić information content (AvgIpc) is 2.32. The summed E-state index contributed by atoms with van der Waals surface area (Å²) in [6.07, 6.45) is 0. The second-order valence-corrected chi connectivity index (χ2v) is 4.97. The van der Waals surface area contributed by atoms with Crippen LogP contribution in [0.5, 0.6) is 5.75 Å². The summed E-state index contributed by atoms with van der Waals surface area (Å²) in [6, 6.07) is 2.89. The monoisotopic (exact) mass is 270 g/mol. The van der Waals surface area contributed by atoms with Gasteiger partial charge in [0.2, 0.25) is 5.91 Å². The van der Waals surface area contributed by atoms with Crippen molar-refractivity contribution in [1.29, 1.82) is 0 Å². The highest BCUT2D eigenvalue weighted by Gasteiger charge is 2.19. The molecule has 1 rings (SSSR count). The molecule has 1 atom stereocenters. The van der Waals surface area contributed by atoms with E-state index in [9.17, 15) is 4.79 Å². The number of halogens is 1. The van der Waals surface area contributed by atoms with Crippen molar-refractivity contribution >= 4 is 23.2 Å². The molecule has 1 aromatic rings. The molecule has 5 heteroatoms. The smallest absolute Gasteiger partial charge is 0.241 e. The van der Waals surface area contributed by atoms with Crippen molar-refractivity contribution < 1.29 is 9.53 Å². The van der Waals surface area contributed by atoms with Crippen molar-refractivity contribution in [1.82, 2.24) is 0 Å². The molecule has 0 bridgehead atoms. The van der Waals surface area contributed by atoms with Gasteiger partial charge in [-0.2, -0.15) is 0 Å². The van der Waals surface area contributed by atoms with Crippen LogP contribution in [0.15, 0.2) is 12.1 Å². The van der Waals surface area contributed by atoms with Gasteiger partial charge >= 0.3 is 0 Å². The maximum atomic E-state index is 11.9. The van der Waals surface area contributed by atoms with Crippen LogP contribution in [0.1, 0.15) is 19.4 Å². The van der Waals surface area contributed by atoms with Gasteiger partial charge < -0.3 is 15.8 Å². The van der Waals surface area contributed by atoms with Gasteiger partial charge in [0.1, 0.15) is 5.75 Å². The number of carbonyl (C=O) groups excluding carboxylic acids is 1. The number of hydrogen-bond donors (Lipinski definition) is 2. The molecule has 0 aromatic heterocycles. The molecule has 4 nitrogen and oxygen atoms in total. The fourth-order valence-electron chi connectivity index (χ4n) is 1.45. The van der Waals surface area contributed by atoms with Gasteiger partial charge in [-0.25, -0.2) is 0 Å². The number of nitrogens with one attached hydrogen (secondary N) is 1. The first-order chi connectivity index (χ1) is 8.36. The highest BCUT2D eigenvalue weighted by molar-refractivity contribution is 6.31. The average molecular weight is 271 g/mol. The number of aryl methyl sites for hydroxylation is 1.